The largest absolute Gasteiger partial charge is 0.461 e. The van der Waals surface area contributed by atoms with E-state index in [-0.39, 0.29) is 0 Å². The molecule has 1 heterocycles. The molecule has 3 nitrogen and oxygen atoms in total. The predicted molar refractivity (Wildman–Crippen MR) is 55.3 cm³/mol. The number of hydrogen-bond donors (Lipinski definition) is 1. The van der Waals surface area contributed by atoms with Gasteiger partial charge in [-0.05, 0) is 26.0 Å². The number of allylic oxidation sites excluding steroid dienone is 4. The average molecular weight is 193 g/mol. The summed E-state index contributed by atoms with van der Waals surface area (Å²) in [6, 6.07) is 0. The molecular formula is C11H15NO2. The molecule has 14 heavy (non-hydrogen) atoms. The predicted octanol–water partition coefficient (Wildman–Crippen LogP) is 1.89. The van der Waals surface area contributed by atoms with Crippen molar-refractivity contribution >= 4 is 6.47 Å². The summed E-state index contributed by atoms with van der Waals surface area (Å²) in [6.07, 6.45) is 10.3. The van der Waals surface area contributed by atoms with Crippen LogP contribution < -0.4 is 5.32 Å². The van der Waals surface area contributed by atoms with E-state index in [1.165, 1.54) is 0 Å². The van der Waals surface area contributed by atoms with Crippen LogP contribution in [0.5, 0.6) is 0 Å². The molecule has 0 spiro atoms. The highest BCUT2D eigenvalue weighted by atomic mass is 16.5. The summed E-state index contributed by atoms with van der Waals surface area (Å²) in [4.78, 5) is 10.2. The first-order valence-electron chi connectivity index (χ1n) is 4.54. The molecular weight excluding hydrogens is 178 g/mol. The summed E-state index contributed by atoms with van der Waals surface area (Å²) in [6.45, 7) is 4.24. The van der Waals surface area contributed by atoms with E-state index in [1.807, 2.05) is 44.4 Å². The first-order chi connectivity index (χ1) is 6.64. The molecule has 0 aliphatic carbocycles. The van der Waals surface area contributed by atoms with Crippen molar-refractivity contribution in [2.24, 2.45) is 0 Å². The van der Waals surface area contributed by atoms with Crippen LogP contribution in [0.2, 0.25) is 0 Å². The van der Waals surface area contributed by atoms with Gasteiger partial charge >= 0.3 is 0 Å². The fourth-order valence-electron chi connectivity index (χ4n) is 1.24. The summed E-state index contributed by atoms with van der Waals surface area (Å²) < 4.78 is 4.96. The minimum Gasteiger partial charge on any atom is -0.461 e. The van der Waals surface area contributed by atoms with Crippen LogP contribution in [0.25, 0.3) is 0 Å². The lowest BCUT2D eigenvalue weighted by Crippen LogP contribution is -2.26. The van der Waals surface area contributed by atoms with Gasteiger partial charge in [0.1, 0.15) is 5.60 Å². The Bertz CT molecular complexity index is 288. The second-order valence-electron chi connectivity index (χ2n) is 3.73. The molecule has 0 fully saturated rings. The molecule has 3 heteroatoms. The topological polar surface area (TPSA) is 38.3 Å². The summed E-state index contributed by atoms with van der Waals surface area (Å²) in [5.41, 5.74) is 0.564. The van der Waals surface area contributed by atoms with Crippen LogP contribution >= 0.6 is 0 Å². The third-order valence-electron chi connectivity index (χ3n) is 1.87. The van der Waals surface area contributed by atoms with Crippen molar-refractivity contribution in [2.45, 2.75) is 25.9 Å². The maximum atomic E-state index is 10.2. The quantitative estimate of drug-likeness (QED) is 0.693. The van der Waals surface area contributed by atoms with Crippen LogP contribution in [0.3, 0.4) is 0 Å². The molecule has 0 saturated heterocycles. The second kappa shape index (κ2) is 4.65. The van der Waals surface area contributed by atoms with Gasteiger partial charge in [-0.25, -0.2) is 0 Å². The smallest absolute Gasteiger partial charge is 0.293 e. The zero-order chi connectivity index (χ0) is 10.4. The average Bonchev–Trinajstić information content (AvgIpc) is 2.31. The van der Waals surface area contributed by atoms with E-state index in [0.29, 0.717) is 12.9 Å². The van der Waals surface area contributed by atoms with Crippen LogP contribution in [-0.2, 0) is 9.53 Å². The van der Waals surface area contributed by atoms with Gasteiger partial charge in [-0.2, -0.15) is 0 Å². The van der Waals surface area contributed by atoms with Crippen molar-refractivity contribution in [3.63, 3.8) is 0 Å². The molecule has 0 aromatic carbocycles. The van der Waals surface area contributed by atoms with Crippen LogP contribution in [0.15, 0.2) is 36.2 Å². The Kier molecular flexibility index (Phi) is 3.51. The first kappa shape index (κ1) is 10.6. The molecule has 1 aliphatic heterocycles. The zero-order valence-corrected chi connectivity index (χ0v) is 8.49. The lowest BCUT2D eigenvalue weighted by molar-refractivity contribution is -0.140. The molecule has 0 atom stereocenters. The standard InChI is InChI=1S/C11H15NO2/c1-11(2,14-9-13)8-10-6-4-3-5-7-12-10/h3-7,9,12H,8H2,1-2H3. The molecule has 1 rings (SSSR count). The molecule has 0 radical (unpaired) electrons. The Morgan fingerprint density at radius 1 is 1.43 bits per heavy atom. The molecule has 0 unspecified atom stereocenters. The normalized spacial score (nSPS) is 15.4. The van der Waals surface area contributed by atoms with E-state index in [0.717, 1.165) is 5.70 Å². The van der Waals surface area contributed by atoms with Crippen LogP contribution in [0.1, 0.15) is 20.3 Å². The Balaban J connectivity index is 2.58. The van der Waals surface area contributed by atoms with Gasteiger partial charge in [-0.15, -0.1) is 0 Å². The highest BCUT2D eigenvalue weighted by Crippen LogP contribution is 2.18. The lowest BCUT2D eigenvalue weighted by atomic mass is 10.0. The number of rotatable bonds is 4. The van der Waals surface area contributed by atoms with Crippen LogP contribution in [0, 0.1) is 0 Å². The van der Waals surface area contributed by atoms with Crippen molar-refractivity contribution < 1.29 is 9.53 Å². The molecule has 0 bridgehead atoms. The van der Waals surface area contributed by atoms with Crippen molar-refractivity contribution in [3.05, 3.63) is 36.2 Å². The molecule has 1 aliphatic rings. The second-order valence-corrected chi connectivity index (χ2v) is 3.73. The Morgan fingerprint density at radius 3 is 2.93 bits per heavy atom. The van der Waals surface area contributed by atoms with E-state index in [1.54, 1.807) is 0 Å². The third-order valence-corrected chi connectivity index (χ3v) is 1.87. The summed E-state index contributed by atoms with van der Waals surface area (Å²) >= 11 is 0. The van der Waals surface area contributed by atoms with Crippen molar-refractivity contribution in [1.82, 2.24) is 5.32 Å². The van der Waals surface area contributed by atoms with Gasteiger partial charge in [0.25, 0.3) is 6.47 Å². The number of carbonyl (C=O) groups excluding carboxylic acids is 1. The van der Waals surface area contributed by atoms with Gasteiger partial charge in [0, 0.05) is 18.3 Å². The van der Waals surface area contributed by atoms with Gasteiger partial charge < -0.3 is 10.1 Å². The molecule has 1 N–H and O–H groups in total. The minimum atomic E-state index is -0.466. The fraction of sp³-hybridized carbons (Fsp3) is 0.364. The molecule has 0 aromatic heterocycles. The van der Waals surface area contributed by atoms with Crippen molar-refractivity contribution in [3.8, 4) is 0 Å². The fourth-order valence-corrected chi connectivity index (χ4v) is 1.24. The number of carbonyl (C=O) groups is 1. The van der Waals surface area contributed by atoms with E-state index < -0.39 is 5.60 Å². The number of nitrogens with one attached hydrogen (secondary N) is 1. The monoisotopic (exact) mass is 193 g/mol. The van der Waals surface area contributed by atoms with Gasteiger partial charge in [0.15, 0.2) is 0 Å². The van der Waals surface area contributed by atoms with Gasteiger partial charge in [-0.1, -0.05) is 12.2 Å². The number of hydrogen-bond acceptors (Lipinski definition) is 3. The van der Waals surface area contributed by atoms with Crippen molar-refractivity contribution in [2.75, 3.05) is 0 Å². The van der Waals surface area contributed by atoms with Crippen LogP contribution in [0.4, 0.5) is 0 Å². The number of ether oxygens (including phenoxy) is 1. The van der Waals surface area contributed by atoms with Crippen LogP contribution in [-0.4, -0.2) is 12.1 Å². The third kappa shape index (κ3) is 3.47. The SMILES string of the molecule is CC(C)(CC1=CC=CC=CN1)OC=O. The Labute approximate surface area is 84.1 Å². The Hall–Kier alpha value is -1.51. The van der Waals surface area contributed by atoms with Gasteiger partial charge in [0.2, 0.25) is 0 Å². The highest BCUT2D eigenvalue weighted by Gasteiger charge is 2.20. The van der Waals surface area contributed by atoms with Gasteiger partial charge in [0.05, 0.1) is 0 Å². The molecule has 0 aromatic rings. The van der Waals surface area contributed by atoms with E-state index in [2.05, 4.69) is 5.32 Å². The maximum Gasteiger partial charge on any atom is 0.293 e. The maximum absolute atomic E-state index is 10.2. The minimum absolute atomic E-state index is 0.466. The van der Waals surface area contributed by atoms with Gasteiger partial charge in [-0.3, -0.25) is 4.79 Å². The lowest BCUT2D eigenvalue weighted by Gasteiger charge is -2.23. The summed E-state index contributed by atoms with van der Waals surface area (Å²) in [5, 5.41) is 3.12. The Morgan fingerprint density at radius 2 is 2.21 bits per heavy atom. The molecule has 0 saturated carbocycles. The molecule has 0 amide bonds. The van der Waals surface area contributed by atoms with E-state index >= 15 is 0 Å². The first-order valence-corrected chi connectivity index (χ1v) is 4.54. The summed E-state index contributed by atoms with van der Waals surface area (Å²) in [7, 11) is 0. The molecule has 76 valence electrons. The van der Waals surface area contributed by atoms with Crippen molar-refractivity contribution in [1.29, 1.82) is 0 Å². The summed E-state index contributed by atoms with van der Waals surface area (Å²) in [5.74, 6) is 0. The van der Waals surface area contributed by atoms with E-state index in [9.17, 15) is 4.79 Å². The zero-order valence-electron chi connectivity index (χ0n) is 8.49. The van der Waals surface area contributed by atoms with E-state index in [4.69, 9.17) is 4.74 Å². The highest BCUT2D eigenvalue weighted by molar-refractivity contribution is 5.38.